The highest BCUT2D eigenvalue weighted by Gasteiger charge is 2.35. The zero-order valence-electron chi connectivity index (χ0n) is 31.1. The second-order valence-electron chi connectivity index (χ2n) is 15.4. The average molecular weight is 717 g/mol. The van der Waals surface area contributed by atoms with Crippen LogP contribution >= 0.6 is 0 Å². The maximum absolute atomic E-state index is 6.74. The van der Waals surface area contributed by atoms with Crippen molar-refractivity contribution in [2.75, 3.05) is 0 Å². The van der Waals surface area contributed by atoms with Gasteiger partial charge in [0.2, 0.25) is 0 Å². The Morgan fingerprint density at radius 1 is 0.411 bits per heavy atom. The standard InChI is InChI=1S/C53H36N2O/c1-53(2)45-23-13-11-21-41(45)42-26-25-36(31-46(42)53)47-32-48(55-52(54-47)34-17-7-4-8-18-34)39-28-37(33-15-5-3-6-16-33)27-38(29-39)44-30-35-19-9-10-20-40(35)50-43-22-12-14-24-49(43)56-51(44)50/h3-32H,1-2H3. The molecule has 8 aromatic carbocycles. The van der Waals surface area contributed by atoms with Crippen molar-refractivity contribution < 1.29 is 4.42 Å². The monoisotopic (exact) mass is 716 g/mol. The quantitative estimate of drug-likeness (QED) is 0.178. The van der Waals surface area contributed by atoms with E-state index < -0.39 is 0 Å². The molecule has 56 heavy (non-hydrogen) atoms. The van der Waals surface area contributed by atoms with Gasteiger partial charge < -0.3 is 4.42 Å². The molecule has 0 saturated carbocycles. The van der Waals surface area contributed by atoms with Crippen molar-refractivity contribution in [2.45, 2.75) is 19.3 Å². The lowest BCUT2D eigenvalue weighted by Gasteiger charge is -2.22. The molecule has 2 heterocycles. The molecule has 3 nitrogen and oxygen atoms in total. The highest BCUT2D eigenvalue weighted by Crippen LogP contribution is 2.50. The predicted octanol–water partition coefficient (Wildman–Crippen LogP) is 14.2. The number of aromatic nitrogens is 2. The van der Waals surface area contributed by atoms with Crippen LogP contribution in [0.5, 0.6) is 0 Å². The summed E-state index contributed by atoms with van der Waals surface area (Å²) in [7, 11) is 0. The van der Waals surface area contributed by atoms with Crippen molar-refractivity contribution in [1.29, 1.82) is 0 Å². The van der Waals surface area contributed by atoms with Crippen LogP contribution in [-0.2, 0) is 5.41 Å². The average Bonchev–Trinajstić information content (AvgIpc) is 3.76. The highest BCUT2D eigenvalue weighted by molar-refractivity contribution is 6.22. The molecule has 1 aliphatic carbocycles. The summed E-state index contributed by atoms with van der Waals surface area (Å²) >= 11 is 0. The molecule has 0 fully saturated rings. The van der Waals surface area contributed by atoms with Gasteiger partial charge in [-0.15, -0.1) is 0 Å². The Morgan fingerprint density at radius 3 is 1.86 bits per heavy atom. The Labute approximate surface area is 325 Å². The van der Waals surface area contributed by atoms with E-state index in [1.54, 1.807) is 0 Å². The Kier molecular flexibility index (Phi) is 7.20. The summed E-state index contributed by atoms with van der Waals surface area (Å²) in [6.45, 7) is 4.65. The van der Waals surface area contributed by atoms with Crippen molar-refractivity contribution in [2.24, 2.45) is 0 Å². The molecular weight excluding hydrogens is 681 g/mol. The van der Waals surface area contributed by atoms with E-state index in [0.29, 0.717) is 5.82 Å². The Hall–Kier alpha value is -7.10. The van der Waals surface area contributed by atoms with Gasteiger partial charge in [0.25, 0.3) is 0 Å². The van der Waals surface area contributed by atoms with Crippen LogP contribution in [0.15, 0.2) is 186 Å². The molecule has 10 aromatic rings. The smallest absolute Gasteiger partial charge is 0.160 e. The second-order valence-corrected chi connectivity index (χ2v) is 15.4. The lowest BCUT2D eigenvalue weighted by molar-refractivity contribution is 0.660. The first kappa shape index (κ1) is 32.3. The van der Waals surface area contributed by atoms with Crippen LogP contribution in [0, 0.1) is 0 Å². The van der Waals surface area contributed by atoms with E-state index in [0.717, 1.165) is 72.3 Å². The van der Waals surface area contributed by atoms with Crippen LogP contribution in [0.4, 0.5) is 0 Å². The van der Waals surface area contributed by atoms with Crippen LogP contribution in [0.3, 0.4) is 0 Å². The Bertz CT molecular complexity index is 3160. The van der Waals surface area contributed by atoms with E-state index >= 15 is 0 Å². The van der Waals surface area contributed by atoms with Gasteiger partial charge >= 0.3 is 0 Å². The van der Waals surface area contributed by atoms with Crippen molar-refractivity contribution >= 4 is 32.7 Å². The van der Waals surface area contributed by atoms with Crippen LogP contribution in [0.25, 0.3) is 100.0 Å². The molecule has 0 amide bonds. The van der Waals surface area contributed by atoms with Gasteiger partial charge in [-0.25, -0.2) is 9.97 Å². The Balaban J connectivity index is 1.16. The summed E-state index contributed by atoms with van der Waals surface area (Å²) in [5, 5.41) is 4.61. The van der Waals surface area contributed by atoms with Gasteiger partial charge in [0.05, 0.1) is 11.4 Å². The number of nitrogens with zero attached hydrogens (tertiary/aromatic N) is 2. The van der Waals surface area contributed by atoms with Crippen LogP contribution in [0.2, 0.25) is 0 Å². The van der Waals surface area contributed by atoms with Gasteiger partial charge in [0.1, 0.15) is 11.2 Å². The molecule has 3 heteroatoms. The normalized spacial score (nSPS) is 13.0. The van der Waals surface area contributed by atoms with Crippen LogP contribution in [0.1, 0.15) is 25.0 Å². The lowest BCUT2D eigenvalue weighted by atomic mass is 9.82. The van der Waals surface area contributed by atoms with Gasteiger partial charge in [0, 0.05) is 38.4 Å². The maximum atomic E-state index is 6.74. The van der Waals surface area contributed by atoms with Crippen LogP contribution < -0.4 is 0 Å². The molecule has 11 rings (SSSR count). The van der Waals surface area contributed by atoms with Gasteiger partial charge in [-0.3, -0.25) is 0 Å². The molecule has 1 aliphatic rings. The molecule has 0 aliphatic heterocycles. The van der Waals surface area contributed by atoms with E-state index in [2.05, 4.69) is 172 Å². The Morgan fingerprint density at radius 2 is 1.04 bits per heavy atom. The summed E-state index contributed by atoms with van der Waals surface area (Å²) in [6, 6.07) is 64.7. The zero-order chi connectivity index (χ0) is 37.4. The second kappa shape index (κ2) is 12.5. The first-order chi connectivity index (χ1) is 27.5. The minimum atomic E-state index is -0.124. The zero-order valence-corrected chi connectivity index (χ0v) is 31.1. The third-order valence-corrected chi connectivity index (χ3v) is 11.7. The third-order valence-electron chi connectivity index (χ3n) is 11.7. The van der Waals surface area contributed by atoms with Gasteiger partial charge in [-0.05, 0) is 92.2 Å². The maximum Gasteiger partial charge on any atom is 0.160 e. The van der Waals surface area contributed by atoms with Gasteiger partial charge in [0.15, 0.2) is 5.82 Å². The predicted molar refractivity (Wildman–Crippen MR) is 232 cm³/mol. The third kappa shape index (κ3) is 5.12. The fourth-order valence-corrected chi connectivity index (χ4v) is 8.84. The molecule has 0 unspecified atom stereocenters. The molecule has 0 spiro atoms. The molecule has 264 valence electrons. The molecule has 0 atom stereocenters. The number of para-hydroxylation sites is 1. The van der Waals surface area contributed by atoms with E-state index in [4.69, 9.17) is 14.4 Å². The SMILES string of the molecule is CC1(C)c2ccccc2-c2ccc(-c3cc(-c4cc(-c5ccccc5)cc(-c5cc6ccccc6c6c5oc5ccccc56)c4)nc(-c4ccccc4)n3)cc21. The number of benzene rings is 8. The number of hydrogen-bond acceptors (Lipinski definition) is 3. The number of furan rings is 1. The van der Waals surface area contributed by atoms with Gasteiger partial charge in [-0.2, -0.15) is 0 Å². The molecule has 0 radical (unpaired) electrons. The first-order valence-electron chi connectivity index (χ1n) is 19.2. The molecule has 0 bridgehead atoms. The fraction of sp³-hybridized carbons (Fsp3) is 0.0566. The first-order valence-corrected chi connectivity index (χ1v) is 19.2. The molecule has 2 aromatic heterocycles. The summed E-state index contributed by atoms with van der Waals surface area (Å²) in [5.41, 5.74) is 16.1. The highest BCUT2D eigenvalue weighted by atomic mass is 16.3. The number of hydrogen-bond donors (Lipinski definition) is 0. The number of rotatable bonds is 5. The minimum Gasteiger partial charge on any atom is -0.455 e. The van der Waals surface area contributed by atoms with E-state index in [9.17, 15) is 0 Å². The summed E-state index contributed by atoms with van der Waals surface area (Å²) < 4.78 is 6.74. The molecule has 0 saturated heterocycles. The topological polar surface area (TPSA) is 38.9 Å². The van der Waals surface area contributed by atoms with E-state index in [1.165, 1.54) is 33.0 Å². The van der Waals surface area contributed by atoms with Crippen molar-refractivity contribution in [3.63, 3.8) is 0 Å². The summed E-state index contributed by atoms with van der Waals surface area (Å²) in [6.07, 6.45) is 0. The van der Waals surface area contributed by atoms with E-state index in [1.807, 2.05) is 24.3 Å². The van der Waals surface area contributed by atoms with Crippen molar-refractivity contribution in [3.05, 3.63) is 193 Å². The molecular formula is C53H36N2O. The van der Waals surface area contributed by atoms with Gasteiger partial charge in [-0.1, -0.05) is 153 Å². The fourth-order valence-electron chi connectivity index (χ4n) is 8.84. The lowest BCUT2D eigenvalue weighted by Crippen LogP contribution is -2.14. The number of fused-ring (bicyclic) bond motifs is 8. The summed E-state index contributed by atoms with van der Waals surface area (Å²) in [4.78, 5) is 10.6. The largest absolute Gasteiger partial charge is 0.455 e. The van der Waals surface area contributed by atoms with Crippen molar-refractivity contribution in [1.82, 2.24) is 9.97 Å². The van der Waals surface area contributed by atoms with Crippen molar-refractivity contribution in [3.8, 4) is 67.3 Å². The van der Waals surface area contributed by atoms with E-state index in [-0.39, 0.29) is 5.41 Å². The minimum absolute atomic E-state index is 0.124. The summed E-state index contributed by atoms with van der Waals surface area (Å²) in [5.74, 6) is 0.693. The molecule has 0 N–H and O–H groups in total. The van der Waals surface area contributed by atoms with Crippen LogP contribution in [-0.4, -0.2) is 9.97 Å².